The summed E-state index contributed by atoms with van der Waals surface area (Å²) in [6.45, 7) is 10.0. The number of hydrogen-bond donors (Lipinski definition) is 1. The second-order valence-electron chi connectivity index (χ2n) is 7.92. The van der Waals surface area contributed by atoms with E-state index in [9.17, 15) is 9.59 Å². The molecule has 2 aromatic heterocycles. The Labute approximate surface area is 180 Å². The monoisotopic (exact) mass is 425 g/mol. The molecule has 1 N–H and O–H groups in total. The van der Waals surface area contributed by atoms with Crippen LogP contribution in [-0.2, 0) is 11.3 Å². The van der Waals surface area contributed by atoms with Crippen LogP contribution in [0, 0.1) is 13.8 Å². The molecule has 1 fully saturated rings. The molecule has 8 heteroatoms. The first-order chi connectivity index (χ1) is 14.4. The van der Waals surface area contributed by atoms with E-state index in [0.717, 1.165) is 42.5 Å². The van der Waals surface area contributed by atoms with Crippen molar-refractivity contribution in [2.75, 3.05) is 31.5 Å². The molecule has 4 rings (SSSR count). The van der Waals surface area contributed by atoms with E-state index >= 15 is 0 Å². The van der Waals surface area contributed by atoms with E-state index in [1.165, 1.54) is 22.5 Å². The summed E-state index contributed by atoms with van der Waals surface area (Å²) in [7, 11) is 0. The van der Waals surface area contributed by atoms with Crippen molar-refractivity contribution in [1.82, 2.24) is 19.2 Å². The summed E-state index contributed by atoms with van der Waals surface area (Å²) in [5, 5.41) is 4.91. The summed E-state index contributed by atoms with van der Waals surface area (Å²) in [6.07, 6.45) is 1.75. The summed E-state index contributed by atoms with van der Waals surface area (Å²) < 4.78 is 1.57. The summed E-state index contributed by atoms with van der Waals surface area (Å²) in [5.41, 5.74) is 3.99. The molecule has 3 aromatic rings. The molecule has 1 aliphatic rings. The number of aromatic nitrogens is 2. The van der Waals surface area contributed by atoms with E-state index in [1.807, 2.05) is 37.4 Å². The number of piperazine rings is 1. The van der Waals surface area contributed by atoms with E-state index in [1.54, 1.807) is 16.7 Å². The first-order valence-electron chi connectivity index (χ1n) is 10.2. The van der Waals surface area contributed by atoms with Gasteiger partial charge in [-0.2, -0.15) is 0 Å². The number of benzene rings is 1. The second kappa shape index (κ2) is 8.67. The molecule has 1 unspecified atom stereocenters. The number of nitrogens with zero attached hydrogens (tertiary/aromatic N) is 4. The summed E-state index contributed by atoms with van der Waals surface area (Å²) in [5.74, 6) is 0.0181. The number of amides is 1. The molecule has 1 aliphatic heterocycles. The molecule has 1 aromatic carbocycles. The van der Waals surface area contributed by atoms with Crippen LogP contribution in [0.1, 0.15) is 23.7 Å². The molecule has 1 atom stereocenters. The highest BCUT2D eigenvalue weighted by atomic mass is 32.1. The van der Waals surface area contributed by atoms with Crippen LogP contribution in [0.4, 0.5) is 5.69 Å². The number of aryl methyl sites for hydroxylation is 2. The second-order valence-corrected chi connectivity index (χ2v) is 8.79. The molecule has 7 nitrogen and oxygen atoms in total. The van der Waals surface area contributed by atoms with Crippen molar-refractivity contribution in [3.8, 4) is 0 Å². The molecule has 3 heterocycles. The van der Waals surface area contributed by atoms with Gasteiger partial charge in [-0.15, -0.1) is 11.3 Å². The van der Waals surface area contributed by atoms with Gasteiger partial charge in [0.25, 0.3) is 5.56 Å². The largest absolute Gasteiger partial charge is 0.325 e. The molecule has 158 valence electrons. The zero-order chi connectivity index (χ0) is 21.3. The number of fused-ring (bicyclic) bond motifs is 1. The summed E-state index contributed by atoms with van der Waals surface area (Å²) in [6, 6.07) is 7.41. The number of nitrogens with one attached hydrogen (secondary N) is 1. The molecular weight excluding hydrogens is 398 g/mol. The summed E-state index contributed by atoms with van der Waals surface area (Å²) in [4.78, 5) is 34.7. The van der Waals surface area contributed by atoms with Crippen molar-refractivity contribution in [3.63, 3.8) is 0 Å². The van der Waals surface area contributed by atoms with Crippen molar-refractivity contribution in [2.45, 2.75) is 33.4 Å². The lowest BCUT2D eigenvalue weighted by atomic mass is 10.1. The highest BCUT2D eigenvalue weighted by Gasteiger charge is 2.26. The first-order valence-corrected chi connectivity index (χ1v) is 11.1. The topological polar surface area (TPSA) is 70.0 Å². The third kappa shape index (κ3) is 4.45. The number of rotatable bonds is 5. The van der Waals surface area contributed by atoms with Crippen molar-refractivity contribution in [2.24, 2.45) is 0 Å². The molecule has 1 saturated heterocycles. The molecule has 1 amide bonds. The molecule has 30 heavy (non-hydrogen) atoms. The lowest BCUT2D eigenvalue weighted by Gasteiger charge is -2.37. The van der Waals surface area contributed by atoms with Gasteiger partial charge in [-0.1, -0.05) is 6.07 Å². The van der Waals surface area contributed by atoms with Crippen LogP contribution in [0.25, 0.3) is 4.96 Å². The molecule has 0 radical (unpaired) electrons. The van der Waals surface area contributed by atoms with Gasteiger partial charge in [-0.05, 0) is 44.0 Å². The number of thiazole rings is 1. The zero-order valence-corrected chi connectivity index (χ0v) is 18.4. The Morgan fingerprint density at radius 1 is 1.17 bits per heavy atom. The van der Waals surface area contributed by atoms with Crippen LogP contribution in [0.3, 0.4) is 0 Å². The van der Waals surface area contributed by atoms with Gasteiger partial charge in [-0.3, -0.25) is 23.8 Å². The first kappa shape index (κ1) is 20.7. The fourth-order valence-electron chi connectivity index (χ4n) is 3.74. The quantitative estimate of drug-likeness (QED) is 0.680. The lowest BCUT2D eigenvalue weighted by Crippen LogP contribution is -2.52. The van der Waals surface area contributed by atoms with Crippen molar-refractivity contribution in [3.05, 3.63) is 63.0 Å². The van der Waals surface area contributed by atoms with Gasteiger partial charge < -0.3 is 5.32 Å². The Morgan fingerprint density at radius 3 is 2.67 bits per heavy atom. The van der Waals surface area contributed by atoms with Crippen LogP contribution >= 0.6 is 11.3 Å². The van der Waals surface area contributed by atoms with Crippen molar-refractivity contribution < 1.29 is 4.79 Å². The SMILES string of the molecule is Cc1ccc(NC(=O)C(C)N2CCN(Cc3cc(=O)n4ccsc4n3)CC2)cc1C. The maximum absolute atomic E-state index is 12.7. The van der Waals surface area contributed by atoms with Crippen molar-refractivity contribution in [1.29, 1.82) is 0 Å². The van der Waals surface area contributed by atoms with Crippen LogP contribution in [0.2, 0.25) is 0 Å². The number of anilines is 1. The minimum absolute atomic E-state index is 0.0181. The van der Waals surface area contributed by atoms with E-state index in [-0.39, 0.29) is 17.5 Å². The van der Waals surface area contributed by atoms with Crippen LogP contribution in [-0.4, -0.2) is 57.3 Å². The Morgan fingerprint density at radius 2 is 1.93 bits per heavy atom. The van der Waals surface area contributed by atoms with E-state index in [0.29, 0.717) is 6.54 Å². The van der Waals surface area contributed by atoms with Gasteiger partial charge in [0.1, 0.15) is 0 Å². The highest BCUT2D eigenvalue weighted by molar-refractivity contribution is 7.15. The van der Waals surface area contributed by atoms with Crippen LogP contribution in [0.15, 0.2) is 40.6 Å². The maximum Gasteiger partial charge on any atom is 0.258 e. The predicted octanol–water partition coefficient (Wildman–Crippen LogP) is 2.52. The van der Waals surface area contributed by atoms with E-state index in [4.69, 9.17) is 0 Å². The van der Waals surface area contributed by atoms with E-state index in [2.05, 4.69) is 27.0 Å². The third-order valence-corrected chi connectivity index (χ3v) is 6.61. The zero-order valence-electron chi connectivity index (χ0n) is 17.6. The van der Waals surface area contributed by atoms with Gasteiger partial charge in [0.2, 0.25) is 5.91 Å². The normalized spacial score (nSPS) is 16.6. The fraction of sp³-hybridized carbons (Fsp3) is 0.409. The van der Waals surface area contributed by atoms with Crippen LogP contribution < -0.4 is 10.9 Å². The number of carbonyl (C=O) groups is 1. The molecule has 0 spiro atoms. The maximum atomic E-state index is 12.7. The number of carbonyl (C=O) groups excluding carboxylic acids is 1. The van der Waals surface area contributed by atoms with Gasteiger partial charge >= 0.3 is 0 Å². The predicted molar refractivity (Wildman–Crippen MR) is 120 cm³/mol. The fourth-order valence-corrected chi connectivity index (χ4v) is 4.48. The number of hydrogen-bond acceptors (Lipinski definition) is 6. The van der Waals surface area contributed by atoms with Gasteiger partial charge in [0, 0.05) is 56.1 Å². The molecule has 0 saturated carbocycles. The molecular formula is C22H27N5O2S. The minimum atomic E-state index is -0.195. The Kier molecular flexibility index (Phi) is 5.99. The third-order valence-electron chi connectivity index (χ3n) is 5.85. The standard InChI is InChI=1S/C22H27N5O2S/c1-15-4-5-18(12-16(15)2)23-21(29)17(3)26-8-6-25(7-9-26)14-19-13-20(28)27-10-11-30-22(27)24-19/h4-5,10-13,17H,6-9,14H2,1-3H3,(H,23,29). The molecule has 0 bridgehead atoms. The Hall–Kier alpha value is -2.55. The molecule has 0 aliphatic carbocycles. The Balaban J connectivity index is 1.32. The van der Waals surface area contributed by atoms with Crippen LogP contribution in [0.5, 0.6) is 0 Å². The highest BCUT2D eigenvalue weighted by Crippen LogP contribution is 2.16. The average Bonchev–Trinajstić information content (AvgIpc) is 3.20. The minimum Gasteiger partial charge on any atom is -0.325 e. The van der Waals surface area contributed by atoms with Gasteiger partial charge in [0.15, 0.2) is 4.96 Å². The van der Waals surface area contributed by atoms with Gasteiger partial charge in [-0.25, -0.2) is 4.98 Å². The Bertz CT molecular complexity index is 1110. The smallest absolute Gasteiger partial charge is 0.258 e. The summed E-state index contributed by atoms with van der Waals surface area (Å²) >= 11 is 1.47. The van der Waals surface area contributed by atoms with E-state index < -0.39 is 0 Å². The average molecular weight is 426 g/mol. The van der Waals surface area contributed by atoms with Gasteiger partial charge in [0.05, 0.1) is 11.7 Å². The van der Waals surface area contributed by atoms with Crippen molar-refractivity contribution >= 4 is 27.9 Å². The lowest BCUT2D eigenvalue weighted by molar-refractivity contribution is -0.121.